The molecule has 2 heterocycles. The summed E-state index contributed by atoms with van der Waals surface area (Å²) in [4.78, 5) is 4.86. The Hall–Kier alpha value is -6.15. The number of fused-ring (bicyclic) bond motifs is 8. The Bertz CT molecular complexity index is 3320. The summed E-state index contributed by atoms with van der Waals surface area (Å²) in [6.45, 7) is 25.8. The summed E-state index contributed by atoms with van der Waals surface area (Å²) in [5.74, 6) is 0. The van der Waals surface area contributed by atoms with Crippen LogP contribution in [-0.2, 0) is 5.41 Å². The van der Waals surface area contributed by atoms with Crippen molar-refractivity contribution in [2.24, 2.45) is 0 Å². The molecule has 0 spiro atoms. The third-order valence-electron chi connectivity index (χ3n) is 13.3. The van der Waals surface area contributed by atoms with Crippen LogP contribution < -0.4 is 20.2 Å². The van der Waals surface area contributed by atoms with Crippen molar-refractivity contribution < 1.29 is 0 Å². The van der Waals surface area contributed by atoms with Crippen LogP contribution >= 0.6 is 0 Å². The number of benzene rings is 8. The van der Waals surface area contributed by atoms with Gasteiger partial charge in [0.1, 0.15) is 0 Å². The molecule has 2 aromatic heterocycles. The van der Waals surface area contributed by atoms with Crippen molar-refractivity contribution in [3.8, 4) is 0 Å². The lowest BCUT2D eigenvalue weighted by Crippen LogP contribution is -2.37. The molecule has 0 aliphatic heterocycles. The summed E-state index contributed by atoms with van der Waals surface area (Å²) in [7, 11) is -2.94. The van der Waals surface area contributed by atoms with Gasteiger partial charge < -0.3 is 14.2 Å². The van der Waals surface area contributed by atoms with Gasteiger partial charge in [0, 0.05) is 55.7 Å². The first-order valence-corrected chi connectivity index (χ1v) is 29.6. The number of hydrogen-bond donors (Lipinski definition) is 0. The number of rotatable bonds is 8. The number of aryl methyl sites for hydroxylation is 2. The second-order valence-electron chi connectivity index (χ2n) is 21.0. The zero-order valence-electron chi connectivity index (χ0n) is 38.9. The maximum atomic E-state index is 2.58. The average Bonchev–Trinajstić information content (AvgIpc) is 3.76. The third-order valence-corrected chi connectivity index (χ3v) is 17.4. The summed E-state index contributed by atoms with van der Waals surface area (Å²) >= 11 is 0. The first-order valence-electron chi connectivity index (χ1n) is 22.6. The minimum absolute atomic E-state index is 0.00381. The summed E-state index contributed by atoms with van der Waals surface area (Å²) in [6, 6.07) is 60.5. The van der Waals surface area contributed by atoms with Gasteiger partial charge in [-0.05, 0) is 121 Å². The highest BCUT2D eigenvalue weighted by molar-refractivity contribution is 6.89. The Kier molecular flexibility index (Phi) is 9.56. The lowest BCUT2D eigenvalue weighted by molar-refractivity contribution is 0.591. The molecule has 0 unspecified atom stereocenters. The lowest BCUT2D eigenvalue weighted by atomic mass is 9.86. The molecule has 10 rings (SSSR count). The fourth-order valence-corrected chi connectivity index (χ4v) is 11.9. The van der Waals surface area contributed by atoms with Crippen molar-refractivity contribution in [1.82, 2.24) is 4.40 Å². The van der Waals surface area contributed by atoms with E-state index >= 15 is 0 Å². The van der Waals surface area contributed by atoms with E-state index < -0.39 is 16.1 Å². The molecule has 314 valence electrons. The van der Waals surface area contributed by atoms with Crippen LogP contribution in [0.1, 0.15) is 37.5 Å². The predicted molar refractivity (Wildman–Crippen MR) is 282 cm³/mol. The molecule has 0 amide bonds. The highest BCUT2D eigenvalue weighted by Gasteiger charge is 2.26. The summed E-state index contributed by atoms with van der Waals surface area (Å²) in [5, 5.41) is 10.6. The van der Waals surface area contributed by atoms with Crippen LogP contribution in [0.4, 0.5) is 34.1 Å². The van der Waals surface area contributed by atoms with Crippen LogP contribution in [0.3, 0.4) is 0 Å². The molecule has 0 atom stereocenters. The number of hydrogen-bond acceptors (Lipinski definition) is 2. The Morgan fingerprint density at radius 1 is 0.397 bits per heavy atom. The molecular weight excluding hydrogens is 795 g/mol. The molecule has 0 N–H and O–H groups in total. The van der Waals surface area contributed by atoms with E-state index in [-0.39, 0.29) is 5.41 Å². The fraction of sp³-hybridized carbons (Fsp3) is 0.207. The van der Waals surface area contributed by atoms with E-state index in [2.05, 4.69) is 246 Å². The van der Waals surface area contributed by atoms with Gasteiger partial charge in [-0.15, -0.1) is 0 Å². The van der Waals surface area contributed by atoms with Gasteiger partial charge in [-0.25, -0.2) is 0 Å². The standard InChI is InChI=1S/C58H59N3Si2/c1-38-12-18-42(19-13-38)59(44-23-28-48(29-24-44)62(6,7)8)46-22-16-40-34-53-50-33-27-47(60(43-20-14-39(2)15-21-43)45-25-30-49(31-26-45)63(9,10)11)37-55(50)61-54-35-41(58(3,4)5)17-32-51(54)56(57(53)61)52(40)36-46/h12-37H,1-11H3. The Morgan fingerprint density at radius 3 is 1.32 bits per heavy atom. The van der Waals surface area contributed by atoms with Crippen LogP contribution in [0, 0.1) is 13.8 Å². The smallest absolute Gasteiger partial charge is 0.0775 e. The first-order chi connectivity index (χ1) is 29.9. The van der Waals surface area contributed by atoms with Crippen LogP contribution in [0.15, 0.2) is 158 Å². The molecule has 0 saturated heterocycles. The maximum Gasteiger partial charge on any atom is 0.0775 e. The molecule has 8 aromatic carbocycles. The molecule has 5 heteroatoms. The highest BCUT2D eigenvalue weighted by Crippen LogP contribution is 2.47. The number of nitrogens with zero attached hydrogens (tertiary/aromatic N) is 3. The Labute approximate surface area is 375 Å². The van der Waals surface area contributed by atoms with Gasteiger partial charge in [0.25, 0.3) is 0 Å². The monoisotopic (exact) mass is 853 g/mol. The van der Waals surface area contributed by atoms with Crippen molar-refractivity contribution in [1.29, 1.82) is 0 Å². The van der Waals surface area contributed by atoms with Crippen LogP contribution in [0.25, 0.3) is 48.9 Å². The maximum absolute atomic E-state index is 2.58. The van der Waals surface area contributed by atoms with E-state index in [1.54, 1.807) is 0 Å². The van der Waals surface area contributed by atoms with Crippen molar-refractivity contribution >= 4 is 110 Å². The van der Waals surface area contributed by atoms with Gasteiger partial charge in [0.05, 0.1) is 32.7 Å². The van der Waals surface area contributed by atoms with E-state index in [1.165, 1.54) is 87.3 Å². The molecule has 0 bridgehead atoms. The minimum Gasteiger partial charge on any atom is -0.310 e. The fourth-order valence-electron chi connectivity index (χ4n) is 9.56. The highest BCUT2D eigenvalue weighted by atomic mass is 28.3. The zero-order chi connectivity index (χ0) is 44.2. The largest absolute Gasteiger partial charge is 0.310 e. The molecule has 3 nitrogen and oxygen atoms in total. The van der Waals surface area contributed by atoms with Crippen molar-refractivity contribution in [3.05, 3.63) is 174 Å². The van der Waals surface area contributed by atoms with E-state index in [1.807, 2.05) is 0 Å². The van der Waals surface area contributed by atoms with Gasteiger partial charge in [0.15, 0.2) is 0 Å². The van der Waals surface area contributed by atoms with Crippen LogP contribution in [0.5, 0.6) is 0 Å². The summed E-state index contributed by atoms with van der Waals surface area (Å²) in [6.07, 6.45) is 0. The third kappa shape index (κ3) is 7.12. The van der Waals surface area contributed by atoms with Crippen molar-refractivity contribution in [3.63, 3.8) is 0 Å². The van der Waals surface area contributed by atoms with Crippen molar-refractivity contribution in [2.45, 2.75) is 79.3 Å². The van der Waals surface area contributed by atoms with E-state index in [4.69, 9.17) is 0 Å². The summed E-state index contributed by atoms with van der Waals surface area (Å²) < 4.78 is 2.58. The van der Waals surface area contributed by atoms with E-state index in [0.29, 0.717) is 0 Å². The normalized spacial score (nSPS) is 12.7. The minimum atomic E-state index is -1.47. The molecule has 0 aliphatic rings. The van der Waals surface area contributed by atoms with E-state index in [9.17, 15) is 0 Å². The van der Waals surface area contributed by atoms with Gasteiger partial charge in [-0.1, -0.05) is 154 Å². The second kappa shape index (κ2) is 14.7. The SMILES string of the molecule is Cc1ccc(N(c2ccc([Si](C)(C)C)cc2)c2ccc3cc4c5ccc(N(c6ccc(C)cc6)c6ccc([Si](C)(C)C)cc6)cc5n5c6cc(C(C)(C)C)ccc6c(c3c2)c45)cc1. The molecule has 0 aliphatic carbocycles. The Balaban J connectivity index is 1.24. The molecule has 0 radical (unpaired) electrons. The van der Waals surface area contributed by atoms with E-state index in [0.717, 1.165) is 22.7 Å². The van der Waals surface area contributed by atoms with Gasteiger partial charge in [-0.2, -0.15) is 0 Å². The van der Waals surface area contributed by atoms with Crippen LogP contribution in [-0.4, -0.2) is 20.5 Å². The topological polar surface area (TPSA) is 10.9 Å². The van der Waals surface area contributed by atoms with Gasteiger partial charge in [0.2, 0.25) is 0 Å². The zero-order valence-corrected chi connectivity index (χ0v) is 40.9. The second-order valence-corrected chi connectivity index (χ2v) is 31.2. The van der Waals surface area contributed by atoms with Gasteiger partial charge >= 0.3 is 0 Å². The quantitative estimate of drug-likeness (QED) is 0.141. The molecule has 0 fully saturated rings. The molecule has 10 aromatic rings. The molecule has 0 saturated carbocycles. The van der Waals surface area contributed by atoms with Gasteiger partial charge in [-0.3, -0.25) is 0 Å². The van der Waals surface area contributed by atoms with Crippen LogP contribution in [0.2, 0.25) is 39.3 Å². The predicted octanol–water partition coefficient (Wildman–Crippen LogP) is 15.9. The summed E-state index contributed by atoms with van der Waals surface area (Å²) in [5.41, 5.74) is 14.6. The number of anilines is 6. The lowest BCUT2D eigenvalue weighted by Gasteiger charge is -2.27. The van der Waals surface area contributed by atoms with Crippen molar-refractivity contribution in [2.75, 3.05) is 9.80 Å². The first kappa shape index (κ1) is 40.9. The Morgan fingerprint density at radius 2 is 0.825 bits per heavy atom. The molecular formula is C58H59N3Si2. The average molecular weight is 854 g/mol. The number of aromatic nitrogens is 1. The molecule has 63 heavy (non-hydrogen) atoms.